The predicted molar refractivity (Wildman–Crippen MR) is 79.5 cm³/mol. The molecule has 3 rings (SSSR count). The Bertz CT molecular complexity index is 470. The summed E-state index contributed by atoms with van der Waals surface area (Å²) in [5.74, 6) is 1.92. The summed E-state index contributed by atoms with van der Waals surface area (Å²) in [7, 11) is 1.71. The van der Waals surface area contributed by atoms with Crippen LogP contribution in [0.1, 0.15) is 37.8 Å². The highest BCUT2D eigenvalue weighted by Crippen LogP contribution is 2.44. The maximum Gasteiger partial charge on any atom is 0.125 e. The molecule has 2 N–H and O–H groups in total. The van der Waals surface area contributed by atoms with Crippen LogP contribution in [0, 0.1) is 0 Å². The lowest BCUT2D eigenvalue weighted by Crippen LogP contribution is -2.50. The lowest BCUT2D eigenvalue weighted by molar-refractivity contribution is 0.00329. The highest BCUT2D eigenvalue weighted by molar-refractivity contribution is 5.44. The van der Waals surface area contributed by atoms with E-state index in [2.05, 4.69) is 29.7 Å². The Labute approximate surface area is 120 Å². The fourth-order valence-electron chi connectivity index (χ4n) is 3.39. The van der Waals surface area contributed by atoms with Crippen molar-refractivity contribution >= 4 is 0 Å². The van der Waals surface area contributed by atoms with E-state index in [1.165, 1.54) is 5.56 Å². The van der Waals surface area contributed by atoms with Gasteiger partial charge in [0.05, 0.1) is 7.11 Å². The molecule has 0 amide bonds. The van der Waals surface area contributed by atoms with E-state index in [1.807, 2.05) is 6.07 Å². The standard InChI is InChI=1S/C16H24N2O2/c1-3-18-14-11-16(6-8-17-9-7-16)20-15-5-4-12(19-2)10-13(14)15/h4-5,10,14,17-18H,3,6-9,11H2,1-2H3. The van der Waals surface area contributed by atoms with Gasteiger partial charge in [-0.05, 0) is 50.7 Å². The zero-order chi connectivity index (χ0) is 14.0. The molecule has 1 saturated heterocycles. The number of fused-ring (bicyclic) bond motifs is 1. The summed E-state index contributed by atoms with van der Waals surface area (Å²) in [5, 5.41) is 7.03. The van der Waals surface area contributed by atoms with Crippen molar-refractivity contribution in [2.45, 2.75) is 37.8 Å². The van der Waals surface area contributed by atoms with Gasteiger partial charge in [-0.25, -0.2) is 0 Å². The van der Waals surface area contributed by atoms with Crippen molar-refractivity contribution in [3.63, 3.8) is 0 Å². The van der Waals surface area contributed by atoms with Crippen LogP contribution in [-0.2, 0) is 0 Å². The Morgan fingerprint density at radius 3 is 2.90 bits per heavy atom. The van der Waals surface area contributed by atoms with E-state index in [-0.39, 0.29) is 5.60 Å². The molecule has 20 heavy (non-hydrogen) atoms. The molecular formula is C16H24N2O2. The van der Waals surface area contributed by atoms with Gasteiger partial charge < -0.3 is 20.1 Å². The Balaban J connectivity index is 1.93. The van der Waals surface area contributed by atoms with Crippen LogP contribution in [0.5, 0.6) is 11.5 Å². The van der Waals surface area contributed by atoms with Crippen molar-refractivity contribution in [2.75, 3.05) is 26.7 Å². The number of ether oxygens (including phenoxy) is 2. The SMILES string of the molecule is CCNC1CC2(CCNCC2)Oc2ccc(OC)cc21. The number of methoxy groups -OCH3 is 1. The molecular weight excluding hydrogens is 252 g/mol. The van der Waals surface area contributed by atoms with E-state index >= 15 is 0 Å². The number of hydrogen-bond acceptors (Lipinski definition) is 4. The second-order valence-electron chi connectivity index (χ2n) is 5.75. The largest absolute Gasteiger partial charge is 0.497 e. The Hall–Kier alpha value is -1.26. The molecule has 0 aromatic heterocycles. The minimum Gasteiger partial charge on any atom is -0.497 e. The summed E-state index contributed by atoms with van der Waals surface area (Å²) in [6.45, 7) is 5.22. The van der Waals surface area contributed by atoms with Crippen LogP contribution in [0.2, 0.25) is 0 Å². The average molecular weight is 276 g/mol. The molecule has 0 aliphatic carbocycles. The molecule has 4 nitrogen and oxygen atoms in total. The highest BCUT2D eigenvalue weighted by Gasteiger charge is 2.41. The third-order valence-electron chi connectivity index (χ3n) is 4.46. The number of benzene rings is 1. The molecule has 0 bridgehead atoms. The lowest BCUT2D eigenvalue weighted by Gasteiger charge is -2.45. The molecule has 2 aliphatic heterocycles. The predicted octanol–water partition coefficient (Wildman–Crippen LogP) is 2.25. The van der Waals surface area contributed by atoms with E-state index in [0.717, 1.165) is 50.4 Å². The first kappa shape index (κ1) is 13.7. The van der Waals surface area contributed by atoms with E-state index in [9.17, 15) is 0 Å². The van der Waals surface area contributed by atoms with Crippen molar-refractivity contribution in [1.82, 2.24) is 10.6 Å². The molecule has 110 valence electrons. The van der Waals surface area contributed by atoms with E-state index in [1.54, 1.807) is 7.11 Å². The summed E-state index contributed by atoms with van der Waals surface area (Å²) >= 11 is 0. The quantitative estimate of drug-likeness (QED) is 0.888. The summed E-state index contributed by atoms with van der Waals surface area (Å²) < 4.78 is 11.8. The molecule has 4 heteroatoms. The van der Waals surface area contributed by atoms with Crippen LogP contribution in [-0.4, -0.2) is 32.3 Å². The van der Waals surface area contributed by atoms with Gasteiger partial charge in [-0.2, -0.15) is 0 Å². The fourth-order valence-corrected chi connectivity index (χ4v) is 3.39. The lowest BCUT2D eigenvalue weighted by atomic mass is 9.81. The van der Waals surface area contributed by atoms with Crippen molar-refractivity contribution in [3.8, 4) is 11.5 Å². The second kappa shape index (κ2) is 5.62. The van der Waals surface area contributed by atoms with Crippen LogP contribution in [0.15, 0.2) is 18.2 Å². The van der Waals surface area contributed by atoms with Gasteiger partial charge in [0.2, 0.25) is 0 Å². The Kier molecular flexibility index (Phi) is 3.85. The maximum atomic E-state index is 6.40. The summed E-state index contributed by atoms with van der Waals surface area (Å²) in [4.78, 5) is 0. The molecule has 1 aromatic carbocycles. The number of piperidine rings is 1. The van der Waals surface area contributed by atoms with E-state index in [0.29, 0.717) is 6.04 Å². The van der Waals surface area contributed by atoms with Crippen molar-refractivity contribution in [1.29, 1.82) is 0 Å². The molecule has 0 saturated carbocycles. The van der Waals surface area contributed by atoms with Gasteiger partial charge in [0.15, 0.2) is 0 Å². The van der Waals surface area contributed by atoms with Gasteiger partial charge in [0.1, 0.15) is 17.1 Å². The van der Waals surface area contributed by atoms with Gasteiger partial charge in [-0.1, -0.05) is 6.92 Å². The molecule has 0 radical (unpaired) electrons. The van der Waals surface area contributed by atoms with Gasteiger partial charge in [-0.15, -0.1) is 0 Å². The summed E-state index contributed by atoms with van der Waals surface area (Å²) in [6, 6.07) is 6.51. The van der Waals surface area contributed by atoms with Crippen molar-refractivity contribution in [2.24, 2.45) is 0 Å². The normalized spacial score (nSPS) is 24.0. The minimum atomic E-state index is -0.000322. The third-order valence-corrected chi connectivity index (χ3v) is 4.46. The fraction of sp³-hybridized carbons (Fsp3) is 0.625. The van der Waals surface area contributed by atoms with Crippen LogP contribution in [0.25, 0.3) is 0 Å². The molecule has 1 atom stereocenters. The monoisotopic (exact) mass is 276 g/mol. The maximum absolute atomic E-state index is 6.40. The minimum absolute atomic E-state index is 0.000322. The summed E-state index contributed by atoms with van der Waals surface area (Å²) in [6.07, 6.45) is 3.21. The zero-order valence-electron chi connectivity index (χ0n) is 12.4. The first-order chi connectivity index (χ1) is 9.76. The third kappa shape index (κ3) is 2.50. The molecule has 1 unspecified atom stereocenters. The zero-order valence-corrected chi connectivity index (χ0v) is 12.4. The van der Waals surface area contributed by atoms with E-state index in [4.69, 9.17) is 9.47 Å². The molecule has 2 heterocycles. The second-order valence-corrected chi connectivity index (χ2v) is 5.75. The Morgan fingerprint density at radius 1 is 1.40 bits per heavy atom. The topological polar surface area (TPSA) is 42.5 Å². The molecule has 1 aromatic rings. The van der Waals surface area contributed by atoms with Crippen LogP contribution in [0.3, 0.4) is 0 Å². The summed E-state index contributed by atoms with van der Waals surface area (Å²) in [5.41, 5.74) is 1.23. The van der Waals surface area contributed by atoms with Crippen LogP contribution >= 0.6 is 0 Å². The first-order valence-corrected chi connectivity index (χ1v) is 7.57. The Morgan fingerprint density at radius 2 is 2.20 bits per heavy atom. The number of rotatable bonds is 3. The first-order valence-electron chi connectivity index (χ1n) is 7.57. The number of nitrogens with one attached hydrogen (secondary N) is 2. The van der Waals surface area contributed by atoms with Crippen molar-refractivity contribution in [3.05, 3.63) is 23.8 Å². The van der Waals surface area contributed by atoms with Gasteiger partial charge in [-0.3, -0.25) is 0 Å². The average Bonchev–Trinajstić information content (AvgIpc) is 2.48. The molecule has 1 fully saturated rings. The van der Waals surface area contributed by atoms with E-state index < -0.39 is 0 Å². The van der Waals surface area contributed by atoms with Crippen LogP contribution in [0.4, 0.5) is 0 Å². The van der Waals surface area contributed by atoms with Gasteiger partial charge in [0, 0.05) is 18.0 Å². The smallest absolute Gasteiger partial charge is 0.125 e. The van der Waals surface area contributed by atoms with Gasteiger partial charge >= 0.3 is 0 Å². The van der Waals surface area contributed by atoms with Crippen molar-refractivity contribution < 1.29 is 9.47 Å². The highest BCUT2D eigenvalue weighted by atomic mass is 16.5. The molecule has 1 spiro atoms. The van der Waals surface area contributed by atoms with Gasteiger partial charge in [0.25, 0.3) is 0 Å². The van der Waals surface area contributed by atoms with Crippen LogP contribution < -0.4 is 20.1 Å². The molecule has 2 aliphatic rings. The number of hydrogen-bond donors (Lipinski definition) is 2.